The normalized spacial score (nSPS) is 11.2. The number of nitrogens with zero attached hydrogens (tertiary/aromatic N) is 2. The summed E-state index contributed by atoms with van der Waals surface area (Å²) in [7, 11) is 0. The van der Waals surface area contributed by atoms with Crippen LogP contribution in [0.2, 0.25) is 0 Å². The monoisotopic (exact) mass is 261 g/mol. The van der Waals surface area contributed by atoms with Gasteiger partial charge in [-0.25, -0.2) is 9.37 Å². The average Bonchev–Trinajstić information content (AvgIpc) is 2.68. The summed E-state index contributed by atoms with van der Waals surface area (Å²) in [5.74, 6) is 0.752. The summed E-state index contributed by atoms with van der Waals surface area (Å²) in [4.78, 5) is 4.34. The van der Waals surface area contributed by atoms with Crippen LogP contribution in [0.3, 0.4) is 0 Å². The van der Waals surface area contributed by atoms with E-state index in [1.165, 1.54) is 6.07 Å². The summed E-state index contributed by atoms with van der Waals surface area (Å²) in [6.07, 6.45) is 1.88. The van der Waals surface area contributed by atoms with Crippen LogP contribution in [0.15, 0.2) is 30.5 Å². The SMILES string of the molecule is Cc1ncc(CNC(C)C)n1Cc1cccc(F)c1. The number of aryl methyl sites for hydroxylation is 1. The molecule has 0 aliphatic rings. The number of nitrogens with one attached hydrogen (secondary N) is 1. The molecule has 0 unspecified atom stereocenters. The minimum atomic E-state index is -0.197. The third-order valence-corrected chi connectivity index (χ3v) is 3.06. The first-order valence-electron chi connectivity index (χ1n) is 6.55. The van der Waals surface area contributed by atoms with E-state index in [0.717, 1.165) is 23.6 Å². The molecule has 2 aromatic rings. The maximum Gasteiger partial charge on any atom is 0.123 e. The Bertz CT molecular complexity index is 546. The summed E-state index contributed by atoms with van der Waals surface area (Å²) in [5, 5.41) is 3.38. The molecule has 0 bridgehead atoms. The van der Waals surface area contributed by atoms with E-state index in [2.05, 4.69) is 28.7 Å². The van der Waals surface area contributed by atoms with Gasteiger partial charge in [0.2, 0.25) is 0 Å². The summed E-state index contributed by atoms with van der Waals surface area (Å²) >= 11 is 0. The Hall–Kier alpha value is -1.68. The number of hydrogen-bond acceptors (Lipinski definition) is 2. The molecule has 0 saturated carbocycles. The Morgan fingerprint density at radius 1 is 1.37 bits per heavy atom. The topological polar surface area (TPSA) is 29.9 Å². The number of imidazole rings is 1. The van der Waals surface area contributed by atoms with Crippen LogP contribution in [0.1, 0.15) is 30.9 Å². The average molecular weight is 261 g/mol. The Morgan fingerprint density at radius 2 is 2.16 bits per heavy atom. The molecule has 0 atom stereocenters. The highest BCUT2D eigenvalue weighted by atomic mass is 19.1. The lowest BCUT2D eigenvalue weighted by Gasteiger charge is -2.13. The van der Waals surface area contributed by atoms with Gasteiger partial charge in [-0.3, -0.25) is 0 Å². The second kappa shape index (κ2) is 5.97. The molecule has 0 saturated heterocycles. The maximum absolute atomic E-state index is 13.2. The zero-order chi connectivity index (χ0) is 13.8. The largest absolute Gasteiger partial charge is 0.327 e. The van der Waals surface area contributed by atoms with Crippen molar-refractivity contribution in [1.82, 2.24) is 14.9 Å². The standard InChI is InChI=1S/C15H20FN3/c1-11(2)17-8-15-9-18-12(3)19(15)10-13-5-4-6-14(16)7-13/h4-7,9,11,17H,8,10H2,1-3H3. The molecule has 0 spiro atoms. The Kier molecular flexibility index (Phi) is 4.32. The summed E-state index contributed by atoms with van der Waals surface area (Å²) < 4.78 is 15.3. The van der Waals surface area contributed by atoms with Crippen LogP contribution in [-0.4, -0.2) is 15.6 Å². The fourth-order valence-electron chi connectivity index (χ4n) is 2.00. The number of rotatable bonds is 5. The number of benzene rings is 1. The highest BCUT2D eigenvalue weighted by Gasteiger charge is 2.08. The molecule has 19 heavy (non-hydrogen) atoms. The lowest BCUT2D eigenvalue weighted by molar-refractivity contribution is 0.561. The van der Waals surface area contributed by atoms with Crippen LogP contribution >= 0.6 is 0 Å². The zero-order valence-electron chi connectivity index (χ0n) is 11.7. The molecule has 2 rings (SSSR count). The minimum absolute atomic E-state index is 0.197. The molecular weight excluding hydrogens is 241 g/mol. The summed E-state index contributed by atoms with van der Waals surface area (Å²) in [6, 6.07) is 7.13. The van der Waals surface area contributed by atoms with Crippen molar-refractivity contribution in [3.8, 4) is 0 Å². The van der Waals surface area contributed by atoms with E-state index in [0.29, 0.717) is 12.6 Å². The van der Waals surface area contributed by atoms with Crippen molar-refractivity contribution in [2.45, 2.75) is 39.9 Å². The van der Waals surface area contributed by atoms with Crippen molar-refractivity contribution in [3.63, 3.8) is 0 Å². The molecule has 1 heterocycles. The Labute approximate surface area is 113 Å². The molecule has 1 aromatic carbocycles. The van der Waals surface area contributed by atoms with Gasteiger partial charge in [-0.1, -0.05) is 26.0 Å². The first-order chi connectivity index (χ1) is 9.06. The van der Waals surface area contributed by atoms with Crippen LogP contribution in [0.25, 0.3) is 0 Å². The van der Waals surface area contributed by atoms with Crippen molar-refractivity contribution in [2.24, 2.45) is 0 Å². The Balaban J connectivity index is 2.17. The van der Waals surface area contributed by atoms with Crippen molar-refractivity contribution in [1.29, 1.82) is 0 Å². The summed E-state index contributed by atoms with van der Waals surface area (Å²) in [6.45, 7) is 7.62. The first kappa shape index (κ1) is 13.7. The molecule has 0 aliphatic heterocycles. The van der Waals surface area contributed by atoms with Crippen molar-refractivity contribution >= 4 is 0 Å². The molecule has 102 valence electrons. The highest BCUT2D eigenvalue weighted by Crippen LogP contribution is 2.11. The second-order valence-corrected chi connectivity index (χ2v) is 5.05. The van der Waals surface area contributed by atoms with Gasteiger partial charge < -0.3 is 9.88 Å². The smallest absolute Gasteiger partial charge is 0.123 e. The van der Waals surface area contributed by atoms with Crippen LogP contribution < -0.4 is 5.32 Å². The van der Waals surface area contributed by atoms with Gasteiger partial charge in [0.15, 0.2) is 0 Å². The fourth-order valence-corrected chi connectivity index (χ4v) is 2.00. The molecule has 0 fully saturated rings. The molecule has 3 nitrogen and oxygen atoms in total. The first-order valence-corrected chi connectivity index (χ1v) is 6.55. The van der Waals surface area contributed by atoms with E-state index in [1.807, 2.05) is 19.2 Å². The van der Waals surface area contributed by atoms with Gasteiger partial charge in [-0.05, 0) is 24.6 Å². The number of aromatic nitrogens is 2. The van der Waals surface area contributed by atoms with E-state index < -0.39 is 0 Å². The van der Waals surface area contributed by atoms with Crippen molar-refractivity contribution in [3.05, 3.63) is 53.4 Å². The van der Waals surface area contributed by atoms with Crippen LogP contribution in [-0.2, 0) is 13.1 Å². The molecule has 1 N–H and O–H groups in total. The lowest BCUT2D eigenvalue weighted by atomic mass is 10.2. The van der Waals surface area contributed by atoms with Gasteiger partial charge in [0.05, 0.1) is 5.69 Å². The van der Waals surface area contributed by atoms with E-state index in [-0.39, 0.29) is 5.82 Å². The number of hydrogen-bond donors (Lipinski definition) is 1. The van der Waals surface area contributed by atoms with Crippen LogP contribution in [0.5, 0.6) is 0 Å². The minimum Gasteiger partial charge on any atom is -0.327 e. The molecule has 0 amide bonds. The van der Waals surface area contributed by atoms with Gasteiger partial charge in [0.25, 0.3) is 0 Å². The lowest BCUT2D eigenvalue weighted by Crippen LogP contribution is -2.23. The number of halogens is 1. The maximum atomic E-state index is 13.2. The zero-order valence-corrected chi connectivity index (χ0v) is 11.7. The van der Waals surface area contributed by atoms with Crippen molar-refractivity contribution in [2.75, 3.05) is 0 Å². The van der Waals surface area contributed by atoms with Crippen LogP contribution in [0, 0.1) is 12.7 Å². The van der Waals surface area contributed by atoms with Gasteiger partial charge in [-0.15, -0.1) is 0 Å². The van der Waals surface area contributed by atoms with E-state index >= 15 is 0 Å². The van der Waals surface area contributed by atoms with Crippen molar-refractivity contribution < 1.29 is 4.39 Å². The predicted octanol–water partition coefficient (Wildman–Crippen LogP) is 2.88. The predicted molar refractivity (Wildman–Crippen MR) is 74.4 cm³/mol. The van der Waals surface area contributed by atoms with Crippen LogP contribution in [0.4, 0.5) is 4.39 Å². The van der Waals surface area contributed by atoms with E-state index in [1.54, 1.807) is 12.1 Å². The third kappa shape index (κ3) is 3.64. The van der Waals surface area contributed by atoms with E-state index in [4.69, 9.17) is 0 Å². The van der Waals surface area contributed by atoms with Gasteiger partial charge in [0.1, 0.15) is 11.6 Å². The van der Waals surface area contributed by atoms with Gasteiger partial charge in [-0.2, -0.15) is 0 Å². The molecule has 0 radical (unpaired) electrons. The third-order valence-electron chi connectivity index (χ3n) is 3.06. The molecular formula is C15H20FN3. The quantitative estimate of drug-likeness (QED) is 0.897. The van der Waals surface area contributed by atoms with E-state index in [9.17, 15) is 4.39 Å². The Morgan fingerprint density at radius 3 is 2.84 bits per heavy atom. The van der Waals surface area contributed by atoms with Gasteiger partial charge in [0, 0.05) is 25.3 Å². The summed E-state index contributed by atoms with van der Waals surface area (Å²) in [5.41, 5.74) is 2.07. The molecule has 0 aliphatic carbocycles. The molecule has 4 heteroatoms. The van der Waals surface area contributed by atoms with Gasteiger partial charge >= 0.3 is 0 Å². The molecule has 1 aromatic heterocycles. The second-order valence-electron chi connectivity index (χ2n) is 5.05. The fraction of sp³-hybridized carbons (Fsp3) is 0.400. The highest BCUT2D eigenvalue weighted by molar-refractivity contribution is 5.18.